The average molecular weight is 292 g/mol. The van der Waals surface area contributed by atoms with Crippen molar-refractivity contribution >= 4 is 17.2 Å². The first-order valence-electron chi connectivity index (χ1n) is 7.42. The zero-order valence-corrected chi connectivity index (χ0v) is 12.7. The van der Waals surface area contributed by atoms with Crippen molar-refractivity contribution in [3.05, 3.63) is 35.9 Å². The predicted molar refractivity (Wildman–Crippen MR) is 86.6 cm³/mol. The number of thiocarbonyl (C=S) groups is 1. The van der Waals surface area contributed by atoms with Gasteiger partial charge in [0.2, 0.25) is 0 Å². The Morgan fingerprint density at radius 3 is 2.55 bits per heavy atom. The first-order chi connectivity index (χ1) is 9.72. The van der Waals surface area contributed by atoms with Crippen LogP contribution < -0.4 is 5.73 Å². The van der Waals surface area contributed by atoms with E-state index in [0.29, 0.717) is 17.5 Å². The summed E-state index contributed by atoms with van der Waals surface area (Å²) in [5.41, 5.74) is 7.08. The van der Waals surface area contributed by atoms with Crippen molar-refractivity contribution in [1.82, 2.24) is 4.90 Å². The molecule has 1 fully saturated rings. The summed E-state index contributed by atoms with van der Waals surface area (Å²) in [5.74, 6) is 0. The first-order valence-corrected chi connectivity index (χ1v) is 7.83. The lowest BCUT2D eigenvalue weighted by Crippen LogP contribution is -2.44. The van der Waals surface area contributed by atoms with Crippen LogP contribution in [0.1, 0.15) is 43.7 Å². The van der Waals surface area contributed by atoms with Gasteiger partial charge in [-0.1, -0.05) is 49.0 Å². The van der Waals surface area contributed by atoms with E-state index in [2.05, 4.69) is 29.2 Å². The smallest absolute Gasteiger partial charge is 0.0746 e. The van der Waals surface area contributed by atoms with Gasteiger partial charge >= 0.3 is 0 Å². The topological polar surface area (TPSA) is 49.5 Å². The van der Waals surface area contributed by atoms with E-state index < -0.39 is 0 Å². The predicted octanol–water partition coefficient (Wildman–Crippen LogP) is 2.64. The molecule has 1 aliphatic rings. The zero-order valence-electron chi connectivity index (χ0n) is 11.9. The van der Waals surface area contributed by atoms with Crippen LogP contribution in [0.4, 0.5) is 0 Å². The Hall–Kier alpha value is -0.970. The number of aliphatic hydroxyl groups excluding tert-OH is 1. The number of rotatable bonds is 8. The van der Waals surface area contributed by atoms with E-state index in [4.69, 9.17) is 23.1 Å². The van der Waals surface area contributed by atoms with Gasteiger partial charge in [-0.2, -0.15) is 0 Å². The molecule has 1 saturated carbocycles. The first kappa shape index (κ1) is 15.4. The zero-order chi connectivity index (χ0) is 14.4. The third-order valence-corrected chi connectivity index (χ3v) is 4.26. The van der Waals surface area contributed by atoms with Crippen molar-refractivity contribution in [3.63, 3.8) is 0 Å². The van der Waals surface area contributed by atoms with E-state index in [0.717, 1.165) is 13.0 Å². The Balaban J connectivity index is 2.18. The molecule has 3 nitrogen and oxygen atoms in total. The van der Waals surface area contributed by atoms with Crippen LogP contribution in [0.25, 0.3) is 0 Å². The Kier molecular flexibility index (Phi) is 5.95. The van der Waals surface area contributed by atoms with Gasteiger partial charge in [-0.15, -0.1) is 0 Å². The van der Waals surface area contributed by atoms with Crippen LogP contribution in [0.15, 0.2) is 30.3 Å². The molecule has 1 aromatic carbocycles. The van der Waals surface area contributed by atoms with E-state index in [1.807, 2.05) is 6.07 Å². The van der Waals surface area contributed by atoms with Gasteiger partial charge in [-0.3, -0.25) is 4.90 Å². The highest BCUT2D eigenvalue weighted by molar-refractivity contribution is 7.80. The second-order valence-electron chi connectivity index (χ2n) is 5.50. The van der Waals surface area contributed by atoms with Gasteiger partial charge in [-0.25, -0.2) is 0 Å². The van der Waals surface area contributed by atoms with Crippen molar-refractivity contribution in [2.45, 2.75) is 44.2 Å². The highest BCUT2D eigenvalue weighted by Gasteiger charge is 2.31. The Morgan fingerprint density at radius 1 is 1.35 bits per heavy atom. The van der Waals surface area contributed by atoms with Gasteiger partial charge in [0.1, 0.15) is 0 Å². The van der Waals surface area contributed by atoms with Gasteiger partial charge in [0.05, 0.1) is 4.99 Å². The summed E-state index contributed by atoms with van der Waals surface area (Å²) in [6.45, 7) is 1.14. The standard InChI is InChI=1S/C16H24N2OS/c17-16(20)12-15(13-6-2-1-3-7-13)18(10-5-11-19)14-8-4-9-14/h1-3,6-7,14-15,19H,4-5,8-12H2,(H2,17,20). The maximum Gasteiger partial charge on any atom is 0.0746 e. The van der Waals surface area contributed by atoms with Crippen LogP contribution >= 0.6 is 12.2 Å². The molecule has 1 aromatic rings. The molecule has 1 aliphatic carbocycles. The Morgan fingerprint density at radius 2 is 2.05 bits per heavy atom. The van der Waals surface area contributed by atoms with Gasteiger partial charge in [0, 0.05) is 31.7 Å². The van der Waals surface area contributed by atoms with Crippen molar-refractivity contribution in [1.29, 1.82) is 0 Å². The summed E-state index contributed by atoms with van der Waals surface area (Å²) in [7, 11) is 0. The number of nitrogens with zero attached hydrogens (tertiary/aromatic N) is 1. The fourth-order valence-corrected chi connectivity index (χ4v) is 3.01. The Bertz CT molecular complexity index is 420. The molecule has 20 heavy (non-hydrogen) atoms. The van der Waals surface area contributed by atoms with Gasteiger partial charge in [0.25, 0.3) is 0 Å². The number of hydrogen-bond acceptors (Lipinski definition) is 3. The third kappa shape index (κ3) is 4.01. The molecule has 0 spiro atoms. The number of benzene rings is 1. The van der Waals surface area contributed by atoms with Crippen LogP contribution in [-0.4, -0.2) is 34.2 Å². The van der Waals surface area contributed by atoms with E-state index in [1.165, 1.54) is 24.8 Å². The van der Waals surface area contributed by atoms with E-state index in [1.54, 1.807) is 0 Å². The molecule has 2 rings (SSSR count). The molecule has 1 atom stereocenters. The molecule has 3 N–H and O–H groups in total. The number of aliphatic hydroxyl groups is 1. The molecule has 1 unspecified atom stereocenters. The lowest BCUT2D eigenvalue weighted by molar-refractivity contribution is 0.0738. The van der Waals surface area contributed by atoms with Crippen LogP contribution in [-0.2, 0) is 0 Å². The molecule has 0 bridgehead atoms. The van der Waals surface area contributed by atoms with Crippen LogP contribution in [0.3, 0.4) is 0 Å². The Labute approximate surface area is 126 Å². The lowest BCUT2D eigenvalue weighted by Gasteiger charge is -2.43. The fourth-order valence-electron chi connectivity index (χ4n) is 2.86. The summed E-state index contributed by atoms with van der Waals surface area (Å²) in [6.07, 6.45) is 5.30. The number of hydrogen-bond donors (Lipinski definition) is 2. The number of nitrogens with two attached hydrogens (primary N) is 1. The van der Waals surface area contributed by atoms with Crippen molar-refractivity contribution in [3.8, 4) is 0 Å². The van der Waals surface area contributed by atoms with E-state index in [-0.39, 0.29) is 12.6 Å². The van der Waals surface area contributed by atoms with Crippen molar-refractivity contribution < 1.29 is 5.11 Å². The molecular formula is C16H24N2OS. The average Bonchev–Trinajstić information content (AvgIpc) is 2.39. The summed E-state index contributed by atoms with van der Waals surface area (Å²) in [5, 5.41) is 9.14. The minimum absolute atomic E-state index is 0.234. The second-order valence-corrected chi connectivity index (χ2v) is 6.02. The molecule has 4 heteroatoms. The molecule has 0 saturated heterocycles. The lowest BCUT2D eigenvalue weighted by atomic mass is 9.88. The SMILES string of the molecule is NC(=S)CC(c1ccccc1)N(CCCO)C1CCC1. The van der Waals surface area contributed by atoms with Crippen LogP contribution in [0, 0.1) is 0 Å². The van der Waals surface area contributed by atoms with Crippen molar-refractivity contribution in [2.24, 2.45) is 5.73 Å². The van der Waals surface area contributed by atoms with Crippen LogP contribution in [0.2, 0.25) is 0 Å². The van der Waals surface area contributed by atoms with E-state index in [9.17, 15) is 0 Å². The summed E-state index contributed by atoms with van der Waals surface area (Å²) < 4.78 is 0. The van der Waals surface area contributed by atoms with E-state index >= 15 is 0 Å². The highest BCUT2D eigenvalue weighted by Crippen LogP contribution is 2.34. The van der Waals surface area contributed by atoms with Gasteiger partial charge in [0.15, 0.2) is 0 Å². The molecular weight excluding hydrogens is 268 g/mol. The molecule has 0 radical (unpaired) electrons. The molecule has 110 valence electrons. The molecule has 0 amide bonds. The fraction of sp³-hybridized carbons (Fsp3) is 0.562. The van der Waals surface area contributed by atoms with Crippen LogP contribution in [0.5, 0.6) is 0 Å². The minimum Gasteiger partial charge on any atom is -0.396 e. The summed E-state index contributed by atoms with van der Waals surface area (Å²) >= 11 is 5.15. The quantitative estimate of drug-likeness (QED) is 0.723. The maximum atomic E-state index is 9.14. The summed E-state index contributed by atoms with van der Waals surface area (Å²) in [6, 6.07) is 11.3. The summed E-state index contributed by atoms with van der Waals surface area (Å²) in [4.78, 5) is 3.06. The molecule has 0 heterocycles. The normalized spacial score (nSPS) is 16.9. The monoisotopic (exact) mass is 292 g/mol. The van der Waals surface area contributed by atoms with Crippen molar-refractivity contribution in [2.75, 3.05) is 13.2 Å². The van der Waals surface area contributed by atoms with Gasteiger partial charge < -0.3 is 10.8 Å². The molecule has 0 aromatic heterocycles. The third-order valence-electron chi connectivity index (χ3n) is 4.10. The van der Waals surface area contributed by atoms with Gasteiger partial charge in [-0.05, 0) is 24.8 Å². The minimum atomic E-state index is 0.234. The largest absolute Gasteiger partial charge is 0.396 e. The highest BCUT2D eigenvalue weighted by atomic mass is 32.1. The second kappa shape index (κ2) is 7.72. The molecule has 0 aliphatic heterocycles. The maximum absolute atomic E-state index is 9.14.